The molecule has 3 amide bonds. The molecule has 7 heteroatoms. The first-order valence-electron chi connectivity index (χ1n) is 9.75. The minimum absolute atomic E-state index is 0.0507. The lowest BCUT2D eigenvalue weighted by Gasteiger charge is -2.12. The van der Waals surface area contributed by atoms with Crippen molar-refractivity contribution in [3.8, 4) is 0 Å². The maximum Gasteiger partial charge on any atom is 0.251 e. The number of carbonyl (C=O) groups is 3. The monoisotopic (exact) mass is 396 g/mol. The molecule has 0 spiro atoms. The van der Waals surface area contributed by atoms with Crippen LogP contribution >= 0.6 is 0 Å². The summed E-state index contributed by atoms with van der Waals surface area (Å²) >= 11 is 0. The summed E-state index contributed by atoms with van der Waals surface area (Å²) in [4.78, 5) is 36.1. The zero-order valence-electron chi connectivity index (χ0n) is 17.0. The van der Waals surface area contributed by atoms with Gasteiger partial charge in [-0.2, -0.15) is 0 Å². The lowest BCUT2D eigenvalue weighted by Crippen LogP contribution is -2.31. The maximum absolute atomic E-state index is 12.2. The topological polar surface area (TPSA) is 99.3 Å². The van der Waals surface area contributed by atoms with Gasteiger partial charge >= 0.3 is 0 Å². The number of hydrogen-bond acceptors (Lipinski definition) is 4. The van der Waals surface area contributed by atoms with Crippen molar-refractivity contribution in [1.82, 2.24) is 10.6 Å². The zero-order valence-corrected chi connectivity index (χ0v) is 17.0. The summed E-state index contributed by atoms with van der Waals surface area (Å²) in [6.45, 7) is 6.42. The highest BCUT2D eigenvalue weighted by molar-refractivity contribution is 5.97. The molecule has 0 bridgehead atoms. The third kappa shape index (κ3) is 6.95. The fourth-order valence-corrected chi connectivity index (χ4v) is 2.53. The van der Waals surface area contributed by atoms with Crippen LogP contribution in [0.3, 0.4) is 0 Å². The summed E-state index contributed by atoms with van der Waals surface area (Å²) in [5.41, 5.74) is 2.36. The predicted octanol–water partition coefficient (Wildman–Crippen LogP) is 3.02. The Morgan fingerprint density at radius 3 is 2.28 bits per heavy atom. The number of carbonyl (C=O) groups excluding carboxylic acids is 3. The van der Waals surface area contributed by atoms with Crippen molar-refractivity contribution in [2.24, 2.45) is 0 Å². The van der Waals surface area contributed by atoms with Gasteiger partial charge in [0, 0.05) is 35.1 Å². The molecule has 0 saturated carbocycles. The van der Waals surface area contributed by atoms with Gasteiger partial charge in [0.15, 0.2) is 0 Å². The van der Waals surface area contributed by atoms with Crippen molar-refractivity contribution >= 4 is 29.1 Å². The summed E-state index contributed by atoms with van der Waals surface area (Å²) in [5, 5.41) is 11.4. The zero-order chi connectivity index (χ0) is 21.2. The van der Waals surface area contributed by atoms with Gasteiger partial charge < -0.3 is 21.3 Å². The fourth-order valence-electron chi connectivity index (χ4n) is 2.53. The van der Waals surface area contributed by atoms with Crippen molar-refractivity contribution < 1.29 is 14.4 Å². The second-order valence-corrected chi connectivity index (χ2v) is 6.70. The Kier molecular flexibility index (Phi) is 8.21. The molecule has 0 aliphatic rings. The minimum atomic E-state index is -0.231. The highest BCUT2D eigenvalue weighted by Gasteiger charge is 2.09. The van der Waals surface area contributed by atoms with E-state index in [4.69, 9.17) is 0 Å². The van der Waals surface area contributed by atoms with Gasteiger partial charge in [-0.15, -0.1) is 0 Å². The largest absolute Gasteiger partial charge is 0.376 e. The van der Waals surface area contributed by atoms with Gasteiger partial charge in [-0.3, -0.25) is 14.4 Å². The second kappa shape index (κ2) is 10.8. The summed E-state index contributed by atoms with van der Waals surface area (Å²) in [5.74, 6) is -0.519. The number of hydrogen-bond donors (Lipinski definition) is 4. The van der Waals surface area contributed by atoms with Gasteiger partial charge in [0.1, 0.15) is 0 Å². The molecular weight excluding hydrogens is 368 g/mol. The average molecular weight is 396 g/mol. The van der Waals surface area contributed by atoms with E-state index in [0.717, 1.165) is 6.42 Å². The molecule has 154 valence electrons. The van der Waals surface area contributed by atoms with Gasteiger partial charge in [-0.05, 0) is 62.7 Å². The molecule has 0 aromatic heterocycles. The van der Waals surface area contributed by atoms with Crippen LogP contribution in [0, 0.1) is 0 Å². The molecule has 0 fully saturated rings. The normalized spacial score (nSPS) is 11.3. The SMILES string of the molecule is CCNC(=O)c1cccc(NCC(=O)Nc2ccc(C(=O)NC(C)CC)cc2)c1. The van der Waals surface area contributed by atoms with E-state index in [1.807, 2.05) is 20.8 Å². The number of benzene rings is 2. The summed E-state index contributed by atoms with van der Waals surface area (Å²) in [7, 11) is 0. The van der Waals surface area contributed by atoms with E-state index in [-0.39, 0.29) is 30.3 Å². The fraction of sp³-hybridized carbons (Fsp3) is 0.318. The van der Waals surface area contributed by atoms with Crippen molar-refractivity contribution in [2.45, 2.75) is 33.2 Å². The van der Waals surface area contributed by atoms with Gasteiger partial charge in [0.25, 0.3) is 11.8 Å². The van der Waals surface area contributed by atoms with Crippen LogP contribution in [-0.4, -0.2) is 36.9 Å². The van der Waals surface area contributed by atoms with Crippen LogP contribution in [0.4, 0.5) is 11.4 Å². The molecule has 29 heavy (non-hydrogen) atoms. The first-order valence-corrected chi connectivity index (χ1v) is 9.75. The predicted molar refractivity (Wildman–Crippen MR) is 115 cm³/mol. The van der Waals surface area contributed by atoms with E-state index in [1.54, 1.807) is 48.5 Å². The molecule has 0 aliphatic heterocycles. The van der Waals surface area contributed by atoms with Gasteiger partial charge in [-0.25, -0.2) is 0 Å². The lowest BCUT2D eigenvalue weighted by molar-refractivity contribution is -0.114. The smallest absolute Gasteiger partial charge is 0.251 e. The highest BCUT2D eigenvalue weighted by atomic mass is 16.2. The molecule has 7 nitrogen and oxygen atoms in total. The molecular formula is C22H28N4O3. The molecule has 4 N–H and O–H groups in total. The van der Waals surface area contributed by atoms with Crippen LogP contribution in [0.15, 0.2) is 48.5 Å². The number of nitrogens with one attached hydrogen (secondary N) is 4. The van der Waals surface area contributed by atoms with Gasteiger partial charge in [0.2, 0.25) is 5.91 Å². The van der Waals surface area contributed by atoms with Crippen LogP contribution in [0.25, 0.3) is 0 Å². The minimum Gasteiger partial charge on any atom is -0.376 e. The Bertz CT molecular complexity index is 849. The molecule has 0 radical (unpaired) electrons. The van der Waals surface area contributed by atoms with E-state index in [0.29, 0.717) is 29.0 Å². The molecule has 0 saturated heterocycles. The highest BCUT2D eigenvalue weighted by Crippen LogP contribution is 2.12. The van der Waals surface area contributed by atoms with E-state index in [1.165, 1.54) is 0 Å². The van der Waals surface area contributed by atoms with E-state index < -0.39 is 0 Å². The van der Waals surface area contributed by atoms with Crippen molar-refractivity contribution in [3.05, 3.63) is 59.7 Å². The lowest BCUT2D eigenvalue weighted by atomic mass is 10.1. The van der Waals surface area contributed by atoms with E-state index in [2.05, 4.69) is 21.3 Å². The number of anilines is 2. The number of amides is 3. The van der Waals surface area contributed by atoms with Gasteiger partial charge in [-0.1, -0.05) is 13.0 Å². The first-order chi connectivity index (χ1) is 13.9. The Morgan fingerprint density at radius 2 is 1.62 bits per heavy atom. The number of rotatable bonds is 9. The Hall–Kier alpha value is -3.35. The Labute approximate surface area is 171 Å². The van der Waals surface area contributed by atoms with Crippen molar-refractivity contribution in [2.75, 3.05) is 23.7 Å². The van der Waals surface area contributed by atoms with Crippen LogP contribution in [0.2, 0.25) is 0 Å². The quantitative estimate of drug-likeness (QED) is 0.524. The second-order valence-electron chi connectivity index (χ2n) is 6.70. The standard InChI is InChI=1S/C22H28N4O3/c1-4-15(3)25-22(29)16-9-11-18(12-10-16)26-20(27)14-24-19-8-6-7-17(13-19)21(28)23-5-2/h6-13,15,24H,4-5,14H2,1-3H3,(H,23,28)(H,25,29)(H,26,27). The van der Waals surface area contributed by atoms with Crippen LogP contribution in [-0.2, 0) is 4.79 Å². The van der Waals surface area contributed by atoms with Crippen LogP contribution in [0.1, 0.15) is 47.9 Å². The molecule has 1 atom stereocenters. The Balaban J connectivity index is 1.87. The third-order valence-corrected chi connectivity index (χ3v) is 4.34. The Morgan fingerprint density at radius 1 is 0.897 bits per heavy atom. The van der Waals surface area contributed by atoms with Crippen LogP contribution < -0.4 is 21.3 Å². The maximum atomic E-state index is 12.2. The summed E-state index contributed by atoms with van der Waals surface area (Å²) in [6, 6.07) is 13.8. The summed E-state index contributed by atoms with van der Waals surface area (Å²) < 4.78 is 0. The van der Waals surface area contributed by atoms with E-state index in [9.17, 15) is 14.4 Å². The first kappa shape index (κ1) is 21.9. The molecule has 0 aliphatic carbocycles. The molecule has 2 rings (SSSR count). The molecule has 1 unspecified atom stereocenters. The molecule has 2 aromatic rings. The van der Waals surface area contributed by atoms with E-state index >= 15 is 0 Å². The molecule has 2 aromatic carbocycles. The summed E-state index contributed by atoms with van der Waals surface area (Å²) in [6.07, 6.45) is 0.860. The van der Waals surface area contributed by atoms with Crippen molar-refractivity contribution in [3.63, 3.8) is 0 Å². The third-order valence-electron chi connectivity index (χ3n) is 4.34. The van der Waals surface area contributed by atoms with Crippen LogP contribution in [0.5, 0.6) is 0 Å². The average Bonchev–Trinajstić information content (AvgIpc) is 2.73. The van der Waals surface area contributed by atoms with Gasteiger partial charge in [0.05, 0.1) is 6.54 Å². The molecule has 0 heterocycles. The van der Waals surface area contributed by atoms with Crippen molar-refractivity contribution in [1.29, 1.82) is 0 Å².